The zero-order valence-electron chi connectivity index (χ0n) is 7.51. The number of hydrogen-bond acceptors (Lipinski definition) is 2. The predicted octanol–water partition coefficient (Wildman–Crippen LogP) is 4.41. The largest absolute Gasteiger partial charge is 0.495 e. The molecule has 0 N–H and O–H groups in total. The molecule has 1 aromatic heterocycles. The molecule has 14 heavy (non-hydrogen) atoms. The Hall–Kier alpha value is 0.190. The van der Waals surface area contributed by atoms with Crippen molar-refractivity contribution >= 4 is 59.9 Å². The number of ether oxygens (including phenoxy) is 1. The number of fused-ring (bicyclic) bond motifs is 1. The van der Waals surface area contributed by atoms with Gasteiger partial charge in [-0.2, -0.15) is 0 Å². The summed E-state index contributed by atoms with van der Waals surface area (Å²) in [5.74, 6) is 1.01. The Kier molecular flexibility index (Phi) is 3.34. The fourth-order valence-corrected chi connectivity index (χ4v) is 3.87. The standard InChI is InChI=1S/C10H8BrIOS/c1-13-9-6-3-2-4-7(12)10(6)14-8(9)5-11/h2-4H,5H2,1H3. The lowest BCUT2D eigenvalue weighted by molar-refractivity contribution is 0.418. The zero-order chi connectivity index (χ0) is 10.1. The minimum absolute atomic E-state index is 0.853. The van der Waals surface area contributed by atoms with E-state index in [1.54, 1.807) is 18.4 Å². The third-order valence-corrected chi connectivity index (χ3v) is 5.43. The third kappa shape index (κ3) is 1.67. The van der Waals surface area contributed by atoms with Crippen molar-refractivity contribution in [3.63, 3.8) is 0 Å². The second-order valence-electron chi connectivity index (χ2n) is 2.81. The highest BCUT2D eigenvalue weighted by Crippen LogP contribution is 2.40. The van der Waals surface area contributed by atoms with Crippen LogP contribution in [-0.4, -0.2) is 7.11 Å². The van der Waals surface area contributed by atoms with E-state index in [9.17, 15) is 0 Å². The fraction of sp³-hybridized carbons (Fsp3) is 0.200. The van der Waals surface area contributed by atoms with E-state index >= 15 is 0 Å². The number of benzene rings is 1. The Bertz CT molecular complexity index is 466. The van der Waals surface area contributed by atoms with Crippen LogP contribution in [0.3, 0.4) is 0 Å². The second-order valence-corrected chi connectivity index (χ2v) is 5.64. The van der Waals surface area contributed by atoms with Crippen molar-refractivity contribution in [3.8, 4) is 5.75 Å². The number of hydrogen-bond donors (Lipinski definition) is 0. The van der Waals surface area contributed by atoms with Gasteiger partial charge in [-0.3, -0.25) is 0 Å². The maximum absolute atomic E-state index is 5.42. The summed E-state index contributed by atoms with van der Waals surface area (Å²) in [5, 5.41) is 2.07. The molecule has 0 fully saturated rings. The van der Waals surface area contributed by atoms with E-state index in [1.165, 1.54) is 18.5 Å². The number of methoxy groups -OCH3 is 1. The quantitative estimate of drug-likeness (QED) is 0.552. The Morgan fingerprint density at radius 1 is 1.50 bits per heavy atom. The van der Waals surface area contributed by atoms with Gasteiger partial charge in [0.1, 0.15) is 5.75 Å². The van der Waals surface area contributed by atoms with Crippen LogP contribution in [0, 0.1) is 3.57 Å². The third-order valence-electron chi connectivity index (χ3n) is 2.02. The van der Waals surface area contributed by atoms with Crippen molar-refractivity contribution in [1.82, 2.24) is 0 Å². The normalized spacial score (nSPS) is 10.8. The summed E-state index contributed by atoms with van der Waals surface area (Å²) in [4.78, 5) is 1.26. The minimum atomic E-state index is 0.853. The lowest BCUT2D eigenvalue weighted by atomic mass is 10.2. The maximum atomic E-state index is 5.42. The van der Waals surface area contributed by atoms with Crippen LogP contribution in [0.25, 0.3) is 10.1 Å². The van der Waals surface area contributed by atoms with Gasteiger partial charge < -0.3 is 4.74 Å². The van der Waals surface area contributed by atoms with E-state index < -0.39 is 0 Å². The van der Waals surface area contributed by atoms with Gasteiger partial charge in [0, 0.05) is 14.3 Å². The topological polar surface area (TPSA) is 9.23 Å². The van der Waals surface area contributed by atoms with Gasteiger partial charge in [-0.15, -0.1) is 11.3 Å². The van der Waals surface area contributed by atoms with Crippen molar-refractivity contribution in [2.24, 2.45) is 0 Å². The van der Waals surface area contributed by atoms with Crippen molar-refractivity contribution in [2.45, 2.75) is 5.33 Å². The second kappa shape index (κ2) is 4.37. The van der Waals surface area contributed by atoms with Crippen molar-refractivity contribution < 1.29 is 4.74 Å². The molecule has 0 saturated carbocycles. The molecule has 0 radical (unpaired) electrons. The van der Waals surface area contributed by atoms with Crippen LogP contribution in [0.15, 0.2) is 18.2 Å². The monoisotopic (exact) mass is 382 g/mol. The van der Waals surface area contributed by atoms with Gasteiger partial charge in [-0.25, -0.2) is 0 Å². The molecule has 1 heterocycles. The van der Waals surface area contributed by atoms with Gasteiger partial charge in [0.15, 0.2) is 0 Å². The summed E-state index contributed by atoms with van der Waals surface area (Å²) in [6, 6.07) is 6.30. The zero-order valence-corrected chi connectivity index (χ0v) is 12.1. The molecule has 2 aromatic rings. The number of halogens is 2. The van der Waals surface area contributed by atoms with Gasteiger partial charge in [0.25, 0.3) is 0 Å². The summed E-state index contributed by atoms with van der Waals surface area (Å²) >= 11 is 7.64. The predicted molar refractivity (Wildman–Crippen MR) is 73.7 cm³/mol. The summed E-state index contributed by atoms with van der Waals surface area (Å²) in [6.07, 6.45) is 0. The molecule has 1 aromatic carbocycles. The summed E-state index contributed by atoms with van der Waals surface area (Å²) in [6.45, 7) is 0. The first-order valence-corrected chi connectivity index (χ1v) is 7.09. The molecule has 0 aliphatic rings. The van der Waals surface area contributed by atoms with Crippen LogP contribution < -0.4 is 4.74 Å². The van der Waals surface area contributed by atoms with Crippen LogP contribution in [-0.2, 0) is 5.33 Å². The molecule has 0 saturated heterocycles. The molecule has 0 spiro atoms. The molecule has 0 amide bonds. The molecule has 0 bridgehead atoms. The van der Waals surface area contributed by atoms with Gasteiger partial charge in [0.05, 0.1) is 16.7 Å². The molecule has 0 unspecified atom stereocenters. The van der Waals surface area contributed by atoms with Gasteiger partial charge in [-0.05, 0) is 34.7 Å². The molecular weight excluding hydrogens is 375 g/mol. The van der Waals surface area contributed by atoms with Crippen molar-refractivity contribution in [1.29, 1.82) is 0 Å². The first kappa shape index (κ1) is 10.7. The first-order valence-electron chi connectivity index (χ1n) is 4.07. The SMILES string of the molecule is COc1c(CBr)sc2c(I)cccc12. The Morgan fingerprint density at radius 3 is 2.93 bits per heavy atom. The average Bonchev–Trinajstić information content (AvgIpc) is 2.57. The average molecular weight is 383 g/mol. The van der Waals surface area contributed by atoms with E-state index in [1.807, 2.05) is 0 Å². The van der Waals surface area contributed by atoms with E-state index in [0.29, 0.717) is 0 Å². The summed E-state index contributed by atoms with van der Waals surface area (Å²) < 4.78 is 8.03. The van der Waals surface area contributed by atoms with Gasteiger partial charge in [0.2, 0.25) is 0 Å². The molecule has 2 rings (SSSR count). The van der Waals surface area contributed by atoms with Crippen molar-refractivity contribution in [3.05, 3.63) is 26.6 Å². The Labute approximate surface area is 109 Å². The summed E-state index contributed by atoms with van der Waals surface area (Å²) in [5.41, 5.74) is 0. The highest BCUT2D eigenvalue weighted by atomic mass is 127. The lowest BCUT2D eigenvalue weighted by Gasteiger charge is -1.99. The molecule has 0 aliphatic heterocycles. The highest BCUT2D eigenvalue weighted by Gasteiger charge is 2.12. The molecule has 4 heteroatoms. The Morgan fingerprint density at radius 2 is 2.29 bits per heavy atom. The molecule has 0 aliphatic carbocycles. The molecule has 0 atom stereocenters. The van der Waals surface area contributed by atoms with Gasteiger partial charge in [-0.1, -0.05) is 22.0 Å². The van der Waals surface area contributed by atoms with Crippen LogP contribution in [0.2, 0.25) is 0 Å². The smallest absolute Gasteiger partial charge is 0.141 e. The maximum Gasteiger partial charge on any atom is 0.141 e. The van der Waals surface area contributed by atoms with Crippen LogP contribution in [0.1, 0.15) is 4.88 Å². The van der Waals surface area contributed by atoms with E-state index in [4.69, 9.17) is 4.74 Å². The molecule has 1 nitrogen and oxygen atoms in total. The highest BCUT2D eigenvalue weighted by molar-refractivity contribution is 14.1. The lowest BCUT2D eigenvalue weighted by Crippen LogP contribution is -1.83. The first-order chi connectivity index (χ1) is 6.77. The molecular formula is C10H8BrIOS. The fourth-order valence-electron chi connectivity index (χ4n) is 1.42. The van der Waals surface area contributed by atoms with E-state index in [-0.39, 0.29) is 0 Å². The van der Waals surface area contributed by atoms with Crippen LogP contribution in [0.4, 0.5) is 0 Å². The van der Waals surface area contributed by atoms with Crippen LogP contribution in [0.5, 0.6) is 5.75 Å². The van der Waals surface area contributed by atoms with E-state index in [0.717, 1.165) is 11.1 Å². The van der Waals surface area contributed by atoms with E-state index in [2.05, 4.69) is 56.7 Å². The molecule has 74 valence electrons. The number of alkyl halides is 1. The Balaban J connectivity index is 2.79. The summed E-state index contributed by atoms with van der Waals surface area (Å²) in [7, 11) is 1.73. The van der Waals surface area contributed by atoms with Crippen LogP contribution >= 0.6 is 49.9 Å². The minimum Gasteiger partial charge on any atom is -0.495 e. The van der Waals surface area contributed by atoms with Crippen molar-refractivity contribution in [2.75, 3.05) is 7.11 Å². The number of thiophene rings is 1. The number of rotatable bonds is 2. The van der Waals surface area contributed by atoms with Gasteiger partial charge >= 0.3 is 0 Å².